The molecule has 0 amide bonds. The maximum atomic E-state index is 14.7. The monoisotopic (exact) mass is 504 g/mol. The lowest BCUT2D eigenvalue weighted by Crippen LogP contribution is -2.11. The highest BCUT2D eigenvalue weighted by Crippen LogP contribution is 2.36. The molecule has 0 saturated heterocycles. The Bertz CT molecular complexity index is 1650. The van der Waals surface area contributed by atoms with Crippen LogP contribution < -0.4 is 10.5 Å². The van der Waals surface area contributed by atoms with E-state index in [2.05, 4.69) is 35.8 Å². The molecule has 2 aromatic carbocycles. The van der Waals surface area contributed by atoms with Gasteiger partial charge in [0, 0.05) is 11.8 Å². The van der Waals surface area contributed by atoms with E-state index in [0.29, 0.717) is 16.8 Å². The second-order valence-corrected chi connectivity index (χ2v) is 7.58. The largest absolute Gasteiger partial charge is 0.434 e. The molecule has 1 unspecified atom stereocenters. The fraction of sp³-hybridized carbons (Fsp3) is 0.0833. The summed E-state index contributed by atoms with van der Waals surface area (Å²) < 4.78 is 46.1. The van der Waals surface area contributed by atoms with Crippen LogP contribution in [0.5, 0.6) is 5.75 Å². The third kappa shape index (κ3) is 4.26. The van der Waals surface area contributed by atoms with Crippen molar-refractivity contribution in [3.05, 3.63) is 83.8 Å². The molecule has 0 aliphatic heterocycles. The number of aromatic nitrogens is 6. The van der Waals surface area contributed by atoms with Crippen LogP contribution in [0, 0.1) is 17.1 Å². The molecule has 5 aromatic rings. The fourth-order valence-electron chi connectivity index (χ4n) is 3.84. The highest BCUT2D eigenvalue weighted by molar-refractivity contribution is 5.83. The number of hydrogen-bond donors (Lipinski definition) is 2. The number of aliphatic hydroxyl groups excluding tert-OH is 1. The fourth-order valence-corrected chi connectivity index (χ4v) is 3.84. The van der Waals surface area contributed by atoms with Gasteiger partial charge in [-0.25, -0.2) is 28.8 Å². The molecule has 0 aliphatic rings. The quantitative estimate of drug-likeness (QED) is 0.354. The average Bonchev–Trinajstić information content (AvgIpc) is 3.34. The number of halogens is 3. The minimum Gasteiger partial charge on any atom is -0.434 e. The third-order valence-corrected chi connectivity index (χ3v) is 5.40. The first-order chi connectivity index (χ1) is 17.9. The van der Waals surface area contributed by atoms with Gasteiger partial charge in [0.2, 0.25) is 0 Å². The van der Waals surface area contributed by atoms with Crippen molar-refractivity contribution >= 4 is 11.5 Å². The minimum atomic E-state index is -3.26. The molecule has 37 heavy (non-hydrogen) atoms. The molecular formula is C24H15F3N8O2. The third-order valence-electron chi connectivity index (χ3n) is 5.40. The predicted octanol–water partition coefficient (Wildman–Crippen LogP) is 3.52. The number of ether oxygens (including phenoxy) is 1. The zero-order valence-corrected chi connectivity index (χ0v) is 18.6. The van der Waals surface area contributed by atoms with Gasteiger partial charge in [-0.1, -0.05) is 24.3 Å². The van der Waals surface area contributed by atoms with E-state index in [9.17, 15) is 23.5 Å². The first-order valence-corrected chi connectivity index (χ1v) is 10.6. The van der Waals surface area contributed by atoms with E-state index in [1.807, 2.05) is 0 Å². The summed E-state index contributed by atoms with van der Waals surface area (Å²) in [6.07, 6.45) is 0.865. The zero-order chi connectivity index (χ0) is 26.1. The number of hydrogen-bond acceptors (Lipinski definition) is 9. The van der Waals surface area contributed by atoms with Crippen molar-refractivity contribution in [2.45, 2.75) is 12.7 Å². The van der Waals surface area contributed by atoms with Crippen LogP contribution in [-0.2, 0) is 0 Å². The number of nitriles is 1. The van der Waals surface area contributed by atoms with Crippen LogP contribution in [0.3, 0.4) is 0 Å². The average molecular weight is 504 g/mol. The van der Waals surface area contributed by atoms with Gasteiger partial charge in [0.25, 0.3) is 0 Å². The van der Waals surface area contributed by atoms with Gasteiger partial charge in [-0.05, 0) is 24.3 Å². The molecule has 10 nitrogen and oxygen atoms in total. The first kappa shape index (κ1) is 23.6. The number of anilines is 1. The molecule has 0 aliphatic carbocycles. The van der Waals surface area contributed by atoms with E-state index in [1.165, 1.54) is 17.0 Å². The molecule has 184 valence electrons. The molecule has 3 N–H and O–H groups in total. The minimum absolute atomic E-state index is 0.0199. The Kier molecular flexibility index (Phi) is 6.08. The molecule has 0 fully saturated rings. The van der Waals surface area contributed by atoms with Crippen molar-refractivity contribution in [3.63, 3.8) is 0 Å². The molecule has 0 radical (unpaired) electrons. The number of nitrogen functional groups attached to an aromatic ring is 1. The van der Waals surface area contributed by atoms with Crippen molar-refractivity contribution in [1.29, 1.82) is 5.26 Å². The van der Waals surface area contributed by atoms with E-state index in [-0.39, 0.29) is 28.7 Å². The Morgan fingerprint density at radius 3 is 2.62 bits per heavy atom. The van der Waals surface area contributed by atoms with Crippen LogP contribution in [0.1, 0.15) is 23.1 Å². The van der Waals surface area contributed by atoms with Crippen LogP contribution >= 0.6 is 0 Å². The number of aliphatic hydroxyl groups is 1. The van der Waals surface area contributed by atoms with Crippen LogP contribution in [0.25, 0.3) is 28.3 Å². The van der Waals surface area contributed by atoms with Gasteiger partial charge in [-0.2, -0.15) is 14.0 Å². The van der Waals surface area contributed by atoms with Crippen LogP contribution in [0.15, 0.2) is 61.1 Å². The highest BCUT2D eigenvalue weighted by atomic mass is 19.3. The summed E-state index contributed by atoms with van der Waals surface area (Å²) in [4.78, 5) is 16.8. The van der Waals surface area contributed by atoms with E-state index < -0.39 is 29.8 Å². The number of alkyl halides is 2. The standard InChI is InChI=1S/C24H15F3N8O2/c25-14-6-3-7-16(37-24(26)27)17(14)20(36)22-33-23-21(29)32-18(13-5-2-1-4-12(13)10-28)19(35(23)34-22)15-8-9-30-11-31-15/h1-9,11,20,24,36H,(H2,29,32). The summed E-state index contributed by atoms with van der Waals surface area (Å²) in [6.45, 7) is -3.26. The van der Waals surface area contributed by atoms with E-state index in [0.717, 1.165) is 18.2 Å². The Morgan fingerprint density at radius 2 is 1.89 bits per heavy atom. The predicted molar refractivity (Wildman–Crippen MR) is 123 cm³/mol. The molecule has 0 bridgehead atoms. The van der Waals surface area contributed by atoms with Crippen molar-refractivity contribution in [1.82, 2.24) is 29.5 Å². The molecule has 13 heteroatoms. The lowest BCUT2D eigenvalue weighted by molar-refractivity contribution is -0.0515. The molecule has 1 atom stereocenters. The first-order valence-electron chi connectivity index (χ1n) is 10.6. The van der Waals surface area contributed by atoms with Crippen molar-refractivity contribution < 1.29 is 23.0 Å². The zero-order valence-electron chi connectivity index (χ0n) is 18.6. The van der Waals surface area contributed by atoms with Crippen LogP contribution in [0.2, 0.25) is 0 Å². The second kappa shape index (κ2) is 9.51. The Morgan fingerprint density at radius 1 is 1.08 bits per heavy atom. The molecular weight excluding hydrogens is 489 g/mol. The molecule has 5 rings (SSSR count). The topological polar surface area (TPSA) is 148 Å². The lowest BCUT2D eigenvalue weighted by atomic mass is 10.0. The highest BCUT2D eigenvalue weighted by Gasteiger charge is 2.28. The number of nitrogens with zero attached hydrogens (tertiary/aromatic N) is 7. The van der Waals surface area contributed by atoms with Gasteiger partial charge >= 0.3 is 6.61 Å². The van der Waals surface area contributed by atoms with Crippen molar-refractivity contribution in [3.8, 4) is 34.5 Å². The van der Waals surface area contributed by atoms with Gasteiger partial charge in [-0.15, -0.1) is 5.10 Å². The summed E-state index contributed by atoms with van der Waals surface area (Å²) in [6, 6.07) is 13.5. The van der Waals surface area contributed by atoms with Crippen molar-refractivity contribution in [2.24, 2.45) is 0 Å². The SMILES string of the molecule is N#Cc1ccccc1-c1nc(N)c2nc(C(O)c3c(F)cccc3OC(F)F)nn2c1-c1ccncn1. The molecule has 3 aromatic heterocycles. The molecule has 3 heterocycles. The van der Waals surface area contributed by atoms with Crippen LogP contribution in [0.4, 0.5) is 19.0 Å². The lowest BCUT2D eigenvalue weighted by Gasteiger charge is -2.14. The van der Waals surface area contributed by atoms with Gasteiger partial charge in [0.05, 0.1) is 22.9 Å². The summed E-state index contributed by atoms with van der Waals surface area (Å²) in [5.74, 6) is -2.06. The van der Waals surface area contributed by atoms with Gasteiger partial charge in [-0.3, -0.25) is 0 Å². The molecule has 0 spiro atoms. The smallest absolute Gasteiger partial charge is 0.387 e. The van der Waals surface area contributed by atoms with Gasteiger partial charge in [0.15, 0.2) is 17.3 Å². The van der Waals surface area contributed by atoms with E-state index in [1.54, 1.807) is 30.3 Å². The maximum absolute atomic E-state index is 14.7. The number of benzene rings is 2. The Hall–Kier alpha value is -5.09. The second-order valence-electron chi connectivity index (χ2n) is 7.58. The van der Waals surface area contributed by atoms with E-state index >= 15 is 0 Å². The summed E-state index contributed by atoms with van der Waals surface area (Å²) in [5.41, 5.74) is 7.11. The van der Waals surface area contributed by atoms with Crippen LogP contribution in [-0.4, -0.2) is 41.3 Å². The summed E-state index contributed by atoms with van der Waals surface area (Å²) in [7, 11) is 0. The normalized spacial score (nSPS) is 12.0. The summed E-state index contributed by atoms with van der Waals surface area (Å²) in [5, 5.41) is 24.9. The number of fused-ring (bicyclic) bond motifs is 1. The Labute approximate surface area is 206 Å². The van der Waals surface area contributed by atoms with Gasteiger partial charge < -0.3 is 15.6 Å². The van der Waals surface area contributed by atoms with Gasteiger partial charge in [0.1, 0.15) is 35.4 Å². The Balaban J connectivity index is 1.77. The maximum Gasteiger partial charge on any atom is 0.387 e. The van der Waals surface area contributed by atoms with E-state index in [4.69, 9.17) is 5.73 Å². The van der Waals surface area contributed by atoms with Crippen molar-refractivity contribution in [2.75, 3.05) is 5.73 Å². The number of rotatable bonds is 6. The number of nitrogens with two attached hydrogens (primary N) is 1. The molecule has 0 saturated carbocycles. The summed E-state index contributed by atoms with van der Waals surface area (Å²) >= 11 is 0.